The molecule has 6 heteroatoms. The van der Waals surface area contributed by atoms with Crippen molar-refractivity contribution >= 4 is 11.8 Å². The first-order valence-corrected chi connectivity index (χ1v) is 7.73. The minimum absolute atomic E-state index is 0.187. The van der Waals surface area contributed by atoms with Crippen LogP contribution in [0.25, 0.3) is 5.69 Å². The molecule has 0 radical (unpaired) electrons. The van der Waals surface area contributed by atoms with E-state index in [1.54, 1.807) is 11.6 Å². The van der Waals surface area contributed by atoms with Gasteiger partial charge in [0.05, 0.1) is 23.1 Å². The number of para-hydroxylation sites is 1. The first-order chi connectivity index (χ1) is 11.0. The number of nitrogens with one attached hydrogen (secondary N) is 2. The molecule has 1 aromatic heterocycles. The summed E-state index contributed by atoms with van der Waals surface area (Å²) in [5.41, 5.74) is 2.08. The van der Waals surface area contributed by atoms with Gasteiger partial charge >= 0.3 is 0 Å². The van der Waals surface area contributed by atoms with Crippen molar-refractivity contribution in [3.8, 4) is 5.69 Å². The van der Waals surface area contributed by atoms with Gasteiger partial charge in [-0.3, -0.25) is 9.59 Å². The van der Waals surface area contributed by atoms with E-state index in [9.17, 15) is 9.59 Å². The average Bonchev–Trinajstić information content (AvgIpc) is 2.95. The summed E-state index contributed by atoms with van der Waals surface area (Å²) in [7, 11) is 0. The standard InChI is InChI=1S/C17H22N4O2/c1-4-10-18-16(22)12(2)20-17(23)15-11-19-21(13(15)3)14-8-6-5-7-9-14/h5-9,11-12H,4,10H2,1-3H3,(H,18,22)(H,20,23)/t12-/m1/s1. The predicted molar refractivity (Wildman–Crippen MR) is 88.5 cm³/mol. The van der Waals surface area contributed by atoms with Crippen molar-refractivity contribution in [3.63, 3.8) is 0 Å². The lowest BCUT2D eigenvalue weighted by molar-refractivity contribution is -0.122. The molecule has 0 aliphatic carbocycles. The van der Waals surface area contributed by atoms with Crippen molar-refractivity contribution in [2.45, 2.75) is 33.2 Å². The Morgan fingerprint density at radius 1 is 1.26 bits per heavy atom. The number of hydrogen-bond donors (Lipinski definition) is 2. The van der Waals surface area contributed by atoms with Crippen LogP contribution in [0, 0.1) is 6.92 Å². The van der Waals surface area contributed by atoms with Gasteiger partial charge in [0.2, 0.25) is 5.91 Å². The smallest absolute Gasteiger partial charge is 0.255 e. The highest BCUT2D eigenvalue weighted by atomic mass is 16.2. The van der Waals surface area contributed by atoms with E-state index in [1.165, 1.54) is 6.20 Å². The summed E-state index contributed by atoms with van der Waals surface area (Å²) in [5.74, 6) is -0.489. The molecule has 122 valence electrons. The summed E-state index contributed by atoms with van der Waals surface area (Å²) in [4.78, 5) is 24.2. The molecule has 2 amide bonds. The minimum atomic E-state index is -0.589. The molecule has 0 spiro atoms. The minimum Gasteiger partial charge on any atom is -0.354 e. The molecule has 0 bridgehead atoms. The zero-order valence-corrected chi connectivity index (χ0v) is 13.7. The molecular weight excluding hydrogens is 292 g/mol. The largest absolute Gasteiger partial charge is 0.354 e. The Kier molecular flexibility index (Phi) is 5.51. The van der Waals surface area contributed by atoms with Crippen LogP contribution in [0.3, 0.4) is 0 Å². The van der Waals surface area contributed by atoms with Crippen LogP contribution in [0.5, 0.6) is 0 Å². The second kappa shape index (κ2) is 7.58. The Balaban J connectivity index is 2.09. The summed E-state index contributed by atoms with van der Waals surface area (Å²) >= 11 is 0. The Bertz CT molecular complexity index is 679. The van der Waals surface area contributed by atoms with Crippen LogP contribution in [0.2, 0.25) is 0 Å². The molecule has 1 heterocycles. The predicted octanol–water partition coefficient (Wildman–Crippen LogP) is 1.83. The van der Waals surface area contributed by atoms with Gasteiger partial charge in [0.25, 0.3) is 5.91 Å². The number of carbonyl (C=O) groups is 2. The Hall–Kier alpha value is -2.63. The van der Waals surface area contributed by atoms with E-state index in [4.69, 9.17) is 0 Å². The molecule has 1 atom stereocenters. The number of benzene rings is 1. The first-order valence-electron chi connectivity index (χ1n) is 7.73. The molecule has 2 rings (SSSR count). The second-order valence-corrected chi connectivity index (χ2v) is 5.38. The van der Waals surface area contributed by atoms with E-state index in [1.807, 2.05) is 44.2 Å². The molecule has 6 nitrogen and oxygen atoms in total. The zero-order valence-electron chi connectivity index (χ0n) is 13.7. The lowest BCUT2D eigenvalue weighted by Gasteiger charge is -2.13. The van der Waals surface area contributed by atoms with Crippen molar-refractivity contribution in [3.05, 3.63) is 47.8 Å². The van der Waals surface area contributed by atoms with Gasteiger partial charge in [0, 0.05) is 6.54 Å². The number of nitrogens with zero attached hydrogens (tertiary/aromatic N) is 2. The lowest BCUT2D eigenvalue weighted by atomic mass is 10.2. The summed E-state index contributed by atoms with van der Waals surface area (Å²) < 4.78 is 1.71. The molecular formula is C17H22N4O2. The van der Waals surface area contributed by atoms with Gasteiger partial charge in [-0.1, -0.05) is 25.1 Å². The quantitative estimate of drug-likeness (QED) is 0.854. The molecule has 0 aliphatic rings. The Morgan fingerprint density at radius 3 is 2.61 bits per heavy atom. The van der Waals surface area contributed by atoms with Crippen molar-refractivity contribution in [1.82, 2.24) is 20.4 Å². The van der Waals surface area contributed by atoms with Crippen LogP contribution in [-0.4, -0.2) is 34.2 Å². The van der Waals surface area contributed by atoms with Gasteiger partial charge in [-0.2, -0.15) is 5.10 Å². The number of hydrogen-bond acceptors (Lipinski definition) is 3. The van der Waals surface area contributed by atoms with Gasteiger partial charge in [-0.25, -0.2) is 4.68 Å². The first kappa shape index (κ1) is 16.7. The maximum atomic E-state index is 12.4. The number of carbonyl (C=O) groups excluding carboxylic acids is 2. The summed E-state index contributed by atoms with van der Waals surface area (Å²) in [5, 5.41) is 9.73. The fourth-order valence-electron chi connectivity index (χ4n) is 2.20. The third kappa shape index (κ3) is 3.97. The fraction of sp³-hybridized carbons (Fsp3) is 0.353. The van der Waals surface area contributed by atoms with E-state index >= 15 is 0 Å². The molecule has 0 saturated heterocycles. The zero-order chi connectivity index (χ0) is 16.8. The number of rotatable bonds is 6. The van der Waals surface area contributed by atoms with E-state index in [-0.39, 0.29) is 11.8 Å². The van der Waals surface area contributed by atoms with E-state index in [0.29, 0.717) is 12.1 Å². The molecule has 0 fully saturated rings. The second-order valence-electron chi connectivity index (χ2n) is 5.38. The van der Waals surface area contributed by atoms with Crippen LogP contribution in [-0.2, 0) is 4.79 Å². The Labute approximate surface area is 135 Å². The van der Waals surface area contributed by atoms with E-state index in [0.717, 1.165) is 17.8 Å². The van der Waals surface area contributed by atoms with Gasteiger partial charge in [-0.15, -0.1) is 0 Å². The molecule has 2 N–H and O–H groups in total. The van der Waals surface area contributed by atoms with Crippen molar-refractivity contribution in [2.75, 3.05) is 6.54 Å². The highest BCUT2D eigenvalue weighted by Crippen LogP contribution is 2.13. The van der Waals surface area contributed by atoms with Crippen LogP contribution in [0.1, 0.15) is 36.3 Å². The molecule has 0 saturated carbocycles. The maximum absolute atomic E-state index is 12.4. The third-order valence-electron chi connectivity index (χ3n) is 3.55. The van der Waals surface area contributed by atoms with Crippen LogP contribution in [0.4, 0.5) is 0 Å². The Morgan fingerprint density at radius 2 is 1.96 bits per heavy atom. The maximum Gasteiger partial charge on any atom is 0.255 e. The normalized spacial score (nSPS) is 11.8. The van der Waals surface area contributed by atoms with Crippen LogP contribution < -0.4 is 10.6 Å². The molecule has 23 heavy (non-hydrogen) atoms. The SMILES string of the molecule is CCCNC(=O)[C@@H](C)NC(=O)c1cnn(-c2ccccc2)c1C. The highest BCUT2D eigenvalue weighted by Gasteiger charge is 2.20. The highest BCUT2D eigenvalue weighted by molar-refractivity contribution is 5.98. The van der Waals surface area contributed by atoms with E-state index < -0.39 is 6.04 Å². The van der Waals surface area contributed by atoms with E-state index in [2.05, 4.69) is 15.7 Å². The fourth-order valence-corrected chi connectivity index (χ4v) is 2.20. The summed E-state index contributed by atoms with van der Waals surface area (Å²) in [6, 6.07) is 9.00. The van der Waals surface area contributed by atoms with Crippen LogP contribution in [0.15, 0.2) is 36.5 Å². The van der Waals surface area contributed by atoms with Crippen LogP contribution >= 0.6 is 0 Å². The average molecular weight is 314 g/mol. The molecule has 0 unspecified atom stereocenters. The number of aromatic nitrogens is 2. The van der Waals surface area contributed by atoms with Gasteiger partial charge in [0.1, 0.15) is 6.04 Å². The topological polar surface area (TPSA) is 76.0 Å². The third-order valence-corrected chi connectivity index (χ3v) is 3.55. The molecule has 1 aromatic carbocycles. The van der Waals surface area contributed by atoms with Crippen molar-refractivity contribution in [2.24, 2.45) is 0 Å². The lowest BCUT2D eigenvalue weighted by Crippen LogP contribution is -2.45. The van der Waals surface area contributed by atoms with Gasteiger partial charge in [-0.05, 0) is 32.4 Å². The summed E-state index contributed by atoms with van der Waals surface area (Å²) in [6.07, 6.45) is 2.38. The van der Waals surface area contributed by atoms with Gasteiger partial charge < -0.3 is 10.6 Å². The summed E-state index contributed by atoms with van der Waals surface area (Å²) in [6.45, 7) is 6.07. The number of amides is 2. The monoisotopic (exact) mass is 314 g/mol. The molecule has 2 aromatic rings. The van der Waals surface area contributed by atoms with Crippen molar-refractivity contribution in [1.29, 1.82) is 0 Å². The van der Waals surface area contributed by atoms with Gasteiger partial charge in [0.15, 0.2) is 0 Å². The van der Waals surface area contributed by atoms with Crippen molar-refractivity contribution < 1.29 is 9.59 Å². The molecule has 0 aliphatic heterocycles.